The van der Waals surface area contributed by atoms with Gasteiger partial charge in [-0.05, 0) is 61.6 Å². The molecule has 1 saturated heterocycles. The topological polar surface area (TPSA) is 108 Å². The zero-order chi connectivity index (χ0) is 23.1. The van der Waals surface area contributed by atoms with Gasteiger partial charge in [-0.15, -0.1) is 0 Å². The van der Waals surface area contributed by atoms with Crippen LogP contribution in [0, 0.1) is 5.92 Å². The number of sulfonamides is 1. The molecule has 32 heavy (non-hydrogen) atoms. The molecular weight excluding hydrogens is 428 g/mol. The second kappa shape index (κ2) is 10.6. The lowest BCUT2D eigenvalue weighted by Crippen LogP contribution is -2.49. The Hall–Kier alpha value is -2.91. The van der Waals surface area contributed by atoms with E-state index >= 15 is 0 Å². The SMILES string of the molecule is CC(C)C[C@@H](C=O)NC(=O)[C@@H]1CCCN1S(=O)(=O)c1ccc(N=Nc2ccccc2)cc1. The third kappa shape index (κ3) is 5.86. The first-order chi connectivity index (χ1) is 15.3. The van der Waals surface area contributed by atoms with Gasteiger partial charge in [0.1, 0.15) is 12.3 Å². The summed E-state index contributed by atoms with van der Waals surface area (Å²) in [6, 6.07) is 13.9. The van der Waals surface area contributed by atoms with Crippen LogP contribution in [0.1, 0.15) is 33.1 Å². The van der Waals surface area contributed by atoms with Crippen molar-refractivity contribution >= 4 is 33.6 Å². The quantitative estimate of drug-likeness (QED) is 0.455. The van der Waals surface area contributed by atoms with E-state index in [1.54, 1.807) is 12.1 Å². The number of carbonyl (C=O) groups is 2. The maximum atomic E-state index is 13.2. The number of rotatable bonds is 9. The summed E-state index contributed by atoms with van der Waals surface area (Å²) < 4.78 is 27.6. The van der Waals surface area contributed by atoms with Crippen LogP contribution in [-0.4, -0.2) is 43.5 Å². The number of hydrogen-bond donors (Lipinski definition) is 1. The average molecular weight is 457 g/mol. The van der Waals surface area contributed by atoms with Gasteiger partial charge in [-0.25, -0.2) is 8.42 Å². The Morgan fingerprint density at radius 2 is 1.72 bits per heavy atom. The number of nitrogens with zero attached hydrogens (tertiary/aromatic N) is 3. The molecule has 1 N–H and O–H groups in total. The molecule has 0 radical (unpaired) electrons. The third-order valence-electron chi connectivity index (χ3n) is 5.20. The maximum Gasteiger partial charge on any atom is 0.243 e. The maximum absolute atomic E-state index is 13.2. The van der Waals surface area contributed by atoms with Gasteiger partial charge in [0.25, 0.3) is 0 Å². The number of azo groups is 1. The highest BCUT2D eigenvalue weighted by atomic mass is 32.2. The van der Waals surface area contributed by atoms with Crippen molar-refractivity contribution in [3.8, 4) is 0 Å². The average Bonchev–Trinajstić information content (AvgIpc) is 3.29. The summed E-state index contributed by atoms with van der Waals surface area (Å²) in [5.74, 6) is -0.205. The van der Waals surface area contributed by atoms with Crippen molar-refractivity contribution in [1.29, 1.82) is 0 Å². The van der Waals surface area contributed by atoms with Gasteiger partial charge in [-0.2, -0.15) is 14.5 Å². The van der Waals surface area contributed by atoms with Gasteiger partial charge in [0.05, 0.1) is 22.3 Å². The molecule has 2 atom stereocenters. The fraction of sp³-hybridized carbons (Fsp3) is 0.391. The van der Waals surface area contributed by atoms with Crippen LogP contribution in [0.4, 0.5) is 11.4 Å². The first kappa shape index (κ1) is 23.7. The summed E-state index contributed by atoms with van der Waals surface area (Å²) in [5, 5.41) is 10.9. The monoisotopic (exact) mass is 456 g/mol. The largest absolute Gasteiger partial charge is 0.345 e. The molecule has 0 saturated carbocycles. The van der Waals surface area contributed by atoms with Crippen LogP contribution in [0.5, 0.6) is 0 Å². The Labute approximate surface area is 188 Å². The second-order valence-electron chi connectivity index (χ2n) is 8.18. The number of carbonyl (C=O) groups excluding carboxylic acids is 2. The molecule has 1 amide bonds. The first-order valence-electron chi connectivity index (χ1n) is 10.7. The van der Waals surface area contributed by atoms with E-state index in [0.29, 0.717) is 36.9 Å². The van der Waals surface area contributed by atoms with Crippen molar-refractivity contribution in [2.24, 2.45) is 16.1 Å². The molecule has 2 aromatic carbocycles. The molecule has 0 spiro atoms. The van der Waals surface area contributed by atoms with Crippen LogP contribution < -0.4 is 5.32 Å². The summed E-state index contributed by atoms with van der Waals surface area (Å²) in [7, 11) is -3.87. The van der Waals surface area contributed by atoms with Gasteiger partial charge < -0.3 is 10.1 Å². The third-order valence-corrected chi connectivity index (χ3v) is 7.13. The highest BCUT2D eigenvalue weighted by Gasteiger charge is 2.39. The fourth-order valence-corrected chi connectivity index (χ4v) is 5.31. The Kier molecular flexibility index (Phi) is 7.87. The van der Waals surface area contributed by atoms with Crippen LogP contribution in [0.25, 0.3) is 0 Å². The smallest absolute Gasteiger partial charge is 0.243 e. The van der Waals surface area contributed by atoms with E-state index in [9.17, 15) is 18.0 Å². The first-order valence-corrected chi connectivity index (χ1v) is 12.1. The molecule has 1 aliphatic heterocycles. The van der Waals surface area contributed by atoms with Crippen molar-refractivity contribution < 1.29 is 18.0 Å². The molecule has 3 rings (SSSR count). The van der Waals surface area contributed by atoms with Crippen LogP contribution in [0.15, 0.2) is 69.7 Å². The molecule has 8 nitrogen and oxygen atoms in total. The predicted octanol–water partition coefficient (Wildman–Crippen LogP) is 3.98. The summed E-state index contributed by atoms with van der Waals surface area (Å²) in [6.07, 6.45) is 2.21. The number of hydrogen-bond acceptors (Lipinski definition) is 6. The highest BCUT2D eigenvalue weighted by Crippen LogP contribution is 2.28. The van der Waals surface area contributed by atoms with E-state index in [0.717, 1.165) is 0 Å². The van der Waals surface area contributed by atoms with E-state index in [2.05, 4.69) is 15.5 Å². The van der Waals surface area contributed by atoms with Gasteiger partial charge in [0.2, 0.25) is 15.9 Å². The summed E-state index contributed by atoms with van der Waals surface area (Å²) in [6.45, 7) is 4.17. The van der Waals surface area contributed by atoms with Gasteiger partial charge in [-0.1, -0.05) is 32.0 Å². The molecule has 170 valence electrons. The molecule has 1 aliphatic rings. The van der Waals surface area contributed by atoms with Gasteiger partial charge in [0.15, 0.2) is 0 Å². The van der Waals surface area contributed by atoms with Crippen molar-refractivity contribution in [1.82, 2.24) is 9.62 Å². The van der Waals surface area contributed by atoms with Crippen molar-refractivity contribution in [2.75, 3.05) is 6.54 Å². The molecule has 0 aliphatic carbocycles. The number of benzene rings is 2. The predicted molar refractivity (Wildman–Crippen MR) is 121 cm³/mol. The summed E-state index contributed by atoms with van der Waals surface area (Å²) in [5.41, 5.74) is 1.22. The Morgan fingerprint density at radius 3 is 2.31 bits per heavy atom. The van der Waals surface area contributed by atoms with Gasteiger partial charge in [0, 0.05) is 6.54 Å². The summed E-state index contributed by atoms with van der Waals surface area (Å²) in [4.78, 5) is 24.1. The van der Waals surface area contributed by atoms with E-state index in [1.165, 1.54) is 16.4 Å². The zero-order valence-electron chi connectivity index (χ0n) is 18.2. The molecule has 0 aromatic heterocycles. The minimum atomic E-state index is -3.87. The van der Waals surface area contributed by atoms with Gasteiger partial charge >= 0.3 is 0 Å². The molecule has 2 aromatic rings. The van der Waals surface area contributed by atoms with Crippen molar-refractivity contribution in [3.63, 3.8) is 0 Å². The normalized spacial score (nSPS) is 18.2. The number of nitrogens with one attached hydrogen (secondary N) is 1. The lowest BCUT2D eigenvalue weighted by molar-refractivity contribution is -0.126. The highest BCUT2D eigenvalue weighted by molar-refractivity contribution is 7.89. The van der Waals surface area contributed by atoms with Gasteiger partial charge in [-0.3, -0.25) is 4.79 Å². The molecule has 1 fully saturated rings. The Balaban J connectivity index is 1.72. The van der Waals surface area contributed by atoms with E-state index < -0.39 is 28.0 Å². The number of amides is 1. The fourth-order valence-electron chi connectivity index (χ4n) is 3.66. The molecule has 0 bridgehead atoms. The number of aldehydes is 1. The molecular formula is C23H28N4O4S. The van der Waals surface area contributed by atoms with Crippen molar-refractivity contribution in [2.45, 2.75) is 50.1 Å². The summed E-state index contributed by atoms with van der Waals surface area (Å²) >= 11 is 0. The lowest BCUT2D eigenvalue weighted by atomic mass is 10.0. The van der Waals surface area contributed by atoms with Crippen LogP contribution in [-0.2, 0) is 19.6 Å². The second-order valence-corrected chi connectivity index (χ2v) is 10.1. The van der Waals surface area contributed by atoms with Crippen molar-refractivity contribution in [3.05, 3.63) is 54.6 Å². The minimum Gasteiger partial charge on any atom is -0.345 e. The molecule has 1 heterocycles. The van der Waals surface area contributed by atoms with E-state index in [4.69, 9.17) is 0 Å². The van der Waals surface area contributed by atoms with Crippen LogP contribution in [0.3, 0.4) is 0 Å². The van der Waals surface area contributed by atoms with E-state index in [1.807, 2.05) is 44.2 Å². The van der Waals surface area contributed by atoms with Crippen LogP contribution >= 0.6 is 0 Å². The molecule has 0 unspecified atom stereocenters. The minimum absolute atomic E-state index is 0.0879. The Morgan fingerprint density at radius 1 is 1.09 bits per heavy atom. The van der Waals surface area contributed by atoms with E-state index in [-0.39, 0.29) is 17.4 Å². The van der Waals surface area contributed by atoms with Crippen LogP contribution in [0.2, 0.25) is 0 Å². The standard InChI is InChI=1S/C23H28N4O4S/c1-17(2)15-20(16-28)24-23(29)22-9-6-14-27(22)32(30,31)21-12-10-19(11-13-21)26-25-18-7-4-3-5-8-18/h3-5,7-8,10-13,16-17,20,22H,6,9,14-15H2,1-2H3,(H,24,29)/t20-,22-/m0/s1. The lowest BCUT2D eigenvalue weighted by Gasteiger charge is -2.25. The zero-order valence-corrected chi connectivity index (χ0v) is 19.0. The Bertz CT molecular complexity index is 1050. The molecule has 9 heteroatoms.